The molecule has 0 radical (unpaired) electrons. The van der Waals surface area contributed by atoms with Crippen molar-refractivity contribution < 1.29 is 47.6 Å². The molecule has 1 N–H and O–H groups in total. The summed E-state index contributed by atoms with van der Waals surface area (Å²) in [7, 11) is -15.9. The van der Waals surface area contributed by atoms with Gasteiger partial charge in [0.05, 0.1) is 0 Å². The second kappa shape index (κ2) is 5.49. The fourth-order valence-electron chi connectivity index (χ4n) is 0.392. The van der Waals surface area contributed by atoms with E-state index in [1.165, 1.54) is 0 Å². The van der Waals surface area contributed by atoms with Gasteiger partial charge in [-0.3, -0.25) is 0 Å². The number of nitrogens with zero attached hydrogens (tertiary/aromatic N) is 1. The number of hydrogen-bond acceptors (Lipinski definition) is 4. The van der Waals surface area contributed by atoms with Gasteiger partial charge in [-0.2, -0.15) is 34.8 Å². The molecule has 0 heterocycles. The topological polar surface area (TPSA) is 92.7 Å². The molecule has 0 aliphatic heterocycles. The lowest BCUT2D eigenvalue weighted by Gasteiger charge is -2.10. The first-order valence-corrected chi connectivity index (χ1v) is 7.81. The molecule has 19 heavy (non-hydrogen) atoms. The van der Waals surface area contributed by atoms with Gasteiger partial charge in [0.15, 0.2) is 6.01 Å². The van der Waals surface area contributed by atoms with E-state index in [1.54, 1.807) is 3.77 Å². The van der Waals surface area contributed by atoms with E-state index >= 15 is 0 Å². The van der Waals surface area contributed by atoms with Crippen LogP contribution in [-0.2, 0) is 30.9 Å². The summed E-state index contributed by atoms with van der Waals surface area (Å²) in [6.45, 7) is 0. The zero-order valence-electron chi connectivity index (χ0n) is 8.16. The van der Waals surface area contributed by atoms with E-state index in [2.05, 4.69) is 0 Å². The fourth-order valence-corrected chi connectivity index (χ4v) is 3.80. The van der Waals surface area contributed by atoms with E-state index in [4.69, 9.17) is 0 Å². The Morgan fingerprint density at radius 3 is 1.63 bits per heavy atom. The highest BCUT2D eigenvalue weighted by Crippen LogP contribution is 2.26. The van der Waals surface area contributed by atoms with Crippen LogP contribution in [0.2, 0.25) is 0 Å². The van der Waals surface area contributed by atoms with E-state index in [0.717, 1.165) is 0 Å². The van der Waals surface area contributed by atoms with E-state index in [-0.39, 0.29) is 0 Å². The Morgan fingerprint density at radius 2 is 1.37 bits per heavy atom. The highest BCUT2D eigenvalue weighted by molar-refractivity contribution is 8.07. The first kappa shape index (κ1) is 18.5. The molecule has 1 unspecified atom stereocenters. The van der Waals surface area contributed by atoms with Gasteiger partial charge in [-0.1, -0.05) is 0 Å². The van der Waals surface area contributed by atoms with Crippen LogP contribution in [0.4, 0.5) is 30.7 Å². The average Bonchev–Trinajstić information content (AvgIpc) is 2.12. The third kappa shape index (κ3) is 4.84. The number of hydrogen-bond donors (Lipinski definition) is 1. The van der Waals surface area contributed by atoms with Gasteiger partial charge in [-0.05, 0) is 0 Å². The standard InChI is InChI=1S/C3H3F7N2O4S3/c4-1-17(11-18(13,14)2(5,6)7)12-19(15,16)3(8,9)10/h1H2,(H,11,12). The zero-order chi connectivity index (χ0) is 15.7. The van der Waals surface area contributed by atoms with E-state index < -0.39 is 47.9 Å². The van der Waals surface area contributed by atoms with Crippen LogP contribution < -0.4 is 4.13 Å². The van der Waals surface area contributed by atoms with Crippen LogP contribution in [0.5, 0.6) is 0 Å². The molecule has 0 aliphatic carbocycles. The second-order valence-electron chi connectivity index (χ2n) is 2.50. The van der Waals surface area contributed by atoms with Crippen molar-refractivity contribution in [3.8, 4) is 0 Å². The van der Waals surface area contributed by atoms with E-state index in [9.17, 15) is 47.6 Å². The van der Waals surface area contributed by atoms with Crippen LogP contribution in [0, 0.1) is 0 Å². The number of alkyl halides is 7. The van der Waals surface area contributed by atoms with Crippen molar-refractivity contribution in [3.63, 3.8) is 0 Å². The van der Waals surface area contributed by atoms with Gasteiger partial charge in [0.1, 0.15) is 0 Å². The molecule has 6 nitrogen and oxygen atoms in total. The molecular formula is C3H3F7N2O4S3. The van der Waals surface area contributed by atoms with Crippen molar-refractivity contribution in [3.05, 3.63) is 0 Å². The molecule has 116 valence electrons. The minimum Gasteiger partial charge on any atom is -0.237 e. The summed E-state index contributed by atoms with van der Waals surface area (Å²) < 4.78 is 127. The first-order chi connectivity index (χ1) is 8.14. The quantitative estimate of drug-likeness (QED) is 0.755. The second-order valence-corrected chi connectivity index (χ2v) is 7.60. The van der Waals surface area contributed by atoms with Crippen LogP contribution >= 0.6 is 0 Å². The van der Waals surface area contributed by atoms with Crippen molar-refractivity contribution in [1.29, 1.82) is 0 Å². The monoisotopic (exact) mass is 360 g/mol. The Labute approximate surface area is 104 Å². The molecule has 0 aliphatic rings. The highest BCUT2D eigenvalue weighted by atomic mass is 32.3. The summed E-state index contributed by atoms with van der Waals surface area (Å²) in [5, 5.41) is 0. The molecule has 0 fully saturated rings. The molecule has 0 bridgehead atoms. The number of nitrogens with one attached hydrogen (secondary N) is 1. The van der Waals surface area contributed by atoms with Crippen molar-refractivity contribution in [2.45, 2.75) is 11.0 Å². The predicted molar refractivity (Wildman–Crippen MR) is 48.9 cm³/mol. The summed E-state index contributed by atoms with van der Waals surface area (Å²) in [4.78, 5) is 0. The molecule has 0 aromatic heterocycles. The highest BCUT2D eigenvalue weighted by Gasteiger charge is 2.49. The van der Waals surface area contributed by atoms with Crippen molar-refractivity contribution in [2.75, 3.05) is 6.01 Å². The Hall–Kier alpha value is -0.480. The molecule has 1 atom stereocenters. The van der Waals surface area contributed by atoms with Gasteiger partial charge in [0.25, 0.3) is 0 Å². The molecule has 16 heteroatoms. The third-order valence-corrected chi connectivity index (χ3v) is 5.65. The molecular weight excluding hydrogens is 357 g/mol. The maximum Gasteiger partial charge on any atom is 0.519 e. The molecule has 0 spiro atoms. The zero-order valence-corrected chi connectivity index (χ0v) is 10.6. The molecule has 0 aromatic carbocycles. The summed E-state index contributed by atoms with van der Waals surface area (Å²) in [5.74, 6) is 0. The van der Waals surface area contributed by atoms with Gasteiger partial charge < -0.3 is 0 Å². The van der Waals surface area contributed by atoms with Crippen LogP contribution in [0.15, 0.2) is 3.77 Å². The average molecular weight is 360 g/mol. The van der Waals surface area contributed by atoms with Crippen LogP contribution in [0.1, 0.15) is 0 Å². The summed E-state index contributed by atoms with van der Waals surface area (Å²) >= 11 is 0. The Balaban J connectivity index is 5.54. The molecule has 0 aromatic rings. The molecule has 0 saturated carbocycles. The van der Waals surface area contributed by atoms with Crippen molar-refractivity contribution in [1.82, 2.24) is 4.13 Å². The van der Waals surface area contributed by atoms with Crippen molar-refractivity contribution >= 4 is 30.9 Å². The Bertz CT molecular complexity index is 557. The lowest BCUT2D eigenvalue weighted by atomic mass is 11.6. The van der Waals surface area contributed by atoms with Crippen LogP contribution in [-0.4, -0.2) is 33.9 Å². The number of rotatable bonds is 4. The largest absolute Gasteiger partial charge is 0.519 e. The Kier molecular flexibility index (Phi) is 5.35. The minimum atomic E-state index is -6.32. The van der Waals surface area contributed by atoms with Crippen molar-refractivity contribution in [2.24, 2.45) is 3.77 Å². The lowest BCUT2D eigenvalue weighted by molar-refractivity contribution is -0.0442. The van der Waals surface area contributed by atoms with Gasteiger partial charge >= 0.3 is 31.1 Å². The normalized spacial score (nSPS) is 16.6. The molecule has 0 saturated heterocycles. The SMILES string of the molecule is O=S(=O)(N=S(CF)NS(=O)(=O)C(F)(F)F)C(F)(F)F. The third-order valence-electron chi connectivity index (χ3n) is 1.09. The fraction of sp³-hybridized carbons (Fsp3) is 1.00. The van der Waals surface area contributed by atoms with E-state index in [1.807, 2.05) is 0 Å². The Morgan fingerprint density at radius 1 is 0.947 bits per heavy atom. The van der Waals surface area contributed by atoms with E-state index in [0.29, 0.717) is 4.13 Å². The predicted octanol–water partition coefficient (Wildman–Crippen LogP) is 0.919. The minimum absolute atomic E-state index is 0.365. The lowest BCUT2D eigenvalue weighted by Crippen LogP contribution is -2.38. The van der Waals surface area contributed by atoms with Gasteiger partial charge in [0.2, 0.25) is 0 Å². The summed E-state index contributed by atoms with van der Waals surface area (Å²) in [5.41, 5.74) is -11.9. The summed E-state index contributed by atoms with van der Waals surface area (Å²) in [6.07, 6.45) is 0. The van der Waals surface area contributed by atoms with Crippen LogP contribution in [0.25, 0.3) is 0 Å². The summed E-state index contributed by atoms with van der Waals surface area (Å²) in [6, 6.07) is -2.20. The number of sulfonamides is 2. The van der Waals surface area contributed by atoms with Gasteiger partial charge in [-0.15, -0.1) is 7.90 Å². The maximum absolute atomic E-state index is 12.1. The number of halogens is 7. The van der Waals surface area contributed by atoms with Gasteiger partial charge in [-0.25, -0.2) is 12.8 Å². The van der Waals surface area contributed by atoms with Gasteiger partial charge in [0, 0.05) is 10.9 Å². The molecule has 0 amide bonds. The smallest absolute Gasteiger partial charge is 0.237 e. The molecule has 0 rings (SSSR count). The first-order valence-electron chi connectivity index (χ1n) is 3.54. The maximum atomic E-state index is 12.1. The van der Waals surface area contributed by atoms with Crippen LogP contribution in [0.3, 0.4) is 0 Å².